The monoisotopic (exact) mass is 200 g/mol. The number of carboxylic acid groups (broad SMARTS) is 1. The largest absolute Gasteiger partial charge is 0.506 e. The van der Waals surface area contributed by atoms with Gasteiger partial charge in [-0.3, -0.25) is 0 Å². The van der Waals surface area contributed by atoms with E-state index in [0.717, 1.165) is 12.8 Å². The van der Waals surface area contributed by atoms with Crippen molar-refractivity contribution in [1.29, 1.82) is 0 Å². The number of hydrogen-bond donors (Lipinski definition) is 1. The van der Waals surface area contributed by atoms with E-state index < -0.39 is 6.16 Å². The summed E-state index contributed by atoms with van der Waals surface area (Å²) < 4.78 is 4.80. The third-order valence-corrected chi connectivity index (χ3v) is 3.19. The summed E-state index contributed by atoms with van der Waals surface area (Å²) in [4.78, 5) is 10.4. The number of rotatable bonds is 2. The minimum atomic E-state index is -1.15. The van der Waals surface area contributed by atoms with Gasteiger partial charge in [-0.05, 0) is 37.5 Å². The van der Waals surface area contributed by atoms with Gasteiger partial charge >= 0.3 is 6.16 Å². The van der Waals surface area contributed by atoms with Crippen LogP contribution >= 0.6 is 0 Å². The van der Waals surface area contributed by atoms with Crippen molar-refractivity contribution in [3.63, 3.8) is 0 Å². The van der Waals surface area contributed by atoms with E-state index in [-0.39, 0.29) is 6.10 Å². The number of hydrogen-bond acceptors (Lipinski definition) is 2. The van der Waals surface area contributed by atoms with Crippen LogP contribution in [0.5, 0.6) is 0 Å². The van der Waals surface area contributed by atoms with E-state index in [1.54, 1.807) is 0 Å². The maximum Gasteiger partial charge on any atom is 0.506 e. The SMILES string of the molecule is CC(OC(=O)O)C1CCCC(C)(C)C1. The zero-order valence-corrected chi connectivity index (χ0v) is 9.25. The van der Waals surface area contributed by atoms with Crippen molar-refractivity contribution in [2.24, 2.45) is 11.3 Å². The molecule has 2 unspecified atom stereocenters. The summed E-state index contributed by atoms with van der Waals surface area (Å²) in [6, 6.07) is 0. The molecule has 0 aromatic rings. The van der Waals surface area contributed by atoms with E-state index >= 15 is 0 Å². The minimum absolute atomic E-state index is 0.160. The minimum Gasteiger partial charge on any atom is -0.450 e. The van der Waals surface area contributed by atoms with Crippen LogP contribution in [0.4, 0.5) is 4.79 Å². The molecule has 0 radical (unpaired) electrons. The highest BCUT2D eigenvalue weighted by Crippen LogP contribution is 2.40. The van der Waals surface area contributed by atoms with E-state index in [1.165, 1.54) is 12.8 Å². The van der Waals surface area contributed by atoms with Crippen molar-refractivity contribution in [2.45, 2.75) is 52.6 Å². The second-order valence-electron chi connectivity index (χ2n) is 5.11. The summed E-state index contributed by atoms with van der Waals surface area (Å²) in [6.45, 7) is 6.35. The van der Waals surface area contributed by atoms with Crippen molar-refractivity contribution >= 4 is 6.16 Å². The lowest BCUT2D eigenvalue weighted by molar-refractivity contribution is 0.00816. The molecule has 1 aliphatic carbocycles. The summed E-state index contributed by atoms with van der Waals surface area (Å²) in [6.07, 6.45) is 3.28. The van der Waals surface area contributed by atoms with E-state index in [0.29, 0.717) is 11.3 Å². The molecule has 0 saturated heterocycles. The molecule has 0 bridgehead atoms. The third-order valence-electron chi connectivity index (χ3n) is 3.19. The molecular weight excluding hydrogens is 180 g/mol. The molecule has 0 aromatic carbocycles. The Kier molecular flexibility index (Phi) is 3.40. The van der Waals surface area contributed by atoms with Gasteiger partial charge in [-0.25, -0.2) is 4.79 Å². The topological polar surface area (TPSA) is 46.5 Å². The molecule has 0 heterocycles. The molecule has 3 heteroatoms. The first-order chi connectivity index (χ1) is 6.41. The molecule has 1 fully saturated rings. The van der Waals surface area contributed by atoms with E-state index in [4.69, 9.17) is 9.84 Å². The third kappa shape index (κ3) is 3.20. The normalized spacial score (nSPS) is 28.1. The Morgan fingerprint density at radius 1 is 1.57 bits per heavy atom. The molecule has 1 rings (SSSR count). The first kappa shape index (κ1) is 11.3. The Morgan fingerprint density at radius 3 is 2.71 bits per heavy atom. The second-order valence-corrected chi connectivity index (χ2v) is 5.11. The molecule has 82 valence electrons. The maximum atomic E-state index is 10.4. The van der Waals surface area contributed by atoms with Gasteiger partial charge in [-0.2, -0.15) is 0 Å². The number of ether oxygens (including phenoxy) is 1. The van der Waals surface area contributed by atoms with Crippen LogP contribution in [0.3, 0.4) is 0 Å². The zero-order chi connectivity index (χ0) is 10.8. The molecular formula is C11H20O3. The highest BCUT2D eigenvalue weighted by Gasteiger charge is 2.32. The molecule has 1 N–H and O–H groups in total. The summed E-state index contributed by atoms with van der Waals surface area (Å²) in [7, 11) is 0. The van der Waals surface area contributed by atoms with Gasteiger partial charge in [0.2, 0.25) is 0 Å². The fourth-order valence-electron chi connectivity index (χ4n) is 2.41. The fourth-order valence-corrected chi connectivity index (χ4v) is 2.41. The van der Waals surface area contributed by atoms with Crippen LogP contribution in [0.15, 0.2) is 0 Å². The smallest absolute Gasteiger partial charge is 0.450 e. The maximum absolute atomic E-state index is 10.4. The molecule has 0 aliphatic heterocycles. The predicted molar refractivity (Wildman–Crippen MR) is 54.3 cm³/mol. The van der Waals surface area contributed by atoms with Gasteiger partial charge in [-0.1, -0.05) is 20.3 Å². The Hall–Kier alpha value is -0.730. The quantitative estimate of drug-likeness (QED) is 0.696. The summed E-state index contributed by atoms with van der Waals surface area (Å²) in [5.74, 6) is 0.398. The van der Waals surface area contributed by atoms with Crippen molar-refractivity contribution in [3.05, 3.63) is 0 Å². The van der Waals surface area contributed by atoms with Gasteiger partial charge in [0.1, 0.15) is 6.10 Å². The average molecular weight is 200 g/mol. The molecule has 1 aliphatic rings. The Bertz CT molecular complexity index is 211. The molecule has 3 nitrogen and oxygen atoms in total. The average Bonchev–Trinajstić information content (AvgIpc) is 2.01. The van der Waals surface area contributed by atoms with E-state index in [2.05, 4.69) is 13.8 Å². The van der Waals surface area contributed by atoms with E-state index in [1.807, 2.05) is 6.92 Å². The lowest BCUT2D eigenvalue weighted by Crippen LogP contribution is -2.31. The van der Waals surface area contributed by atoms with Gasteiger partial charge in [0, 0.05) is 0 Å². The van der Waals surface area contributed by atoms with Crippen LogP contribution < -0.4 is 0 Å². The van der Waals surface area contributed by atoms with Gasteiger partial charge in [0.05, 0.1) is 0 Å². The Balaban J connectivity index is 2.47. The highest BCUT2D eigenvalue weighted by molar-refractivity contribution is 5.57. The lowest BCUT2D eigenvalue weighted by Gasteiger charge is -2.37. The summed E-state index contributed by atoms with van der Waals surface area (Å²) in [5, 5.41) is 8.52. The molecule has 2 atom stereocenters. The van der Waals surface area contributed by atoms with Crippen LogP contribution in [0.1, 0.15) is 46.5 Å². The fraction of sp³-hybridized carbons (Fsp3) is 0.909. The van der Waals surface area contributed by atoms with E-state index in [9.17, 15) is 4.79 Å². The first-order valence-electron chi connectivity index (χ1n) is 5.30. The lowest BCUT2D eigenvalue weighted by atomic mass is 9.71. The molecule has 0 aromatic heterocycles. The van der Waals surface area contributed by atoms with Gasteiger partial charge < -0.3 is 9.84 Å². The van der Waals surface area contributed by atoms with Crippen molar-refractivity contribution < 1.29 is 14.6 Å². The van der Waals surface area contributed by atoms with Crippen molar-refractivity contribution in [2.75, 3.05) is 0 Å². The summed E-state index contributed by atoms with van der Waals surface area (Å²) >= 11 is 0. The Labute approximate surface area is 85.5 Å². The molecule has 0 amide bonds. The predicted octanol–water partition coefficient (Wildman–Crippen LogP) is 3.29. The molecule has 0 spiro atoms. The van der Waals surface area contributed by atoms with Crippen molar-refractivity contribution in [1.82, 2.24) is 0 Å². The molecule has 1 saturated carbocycles. The zero-order valence-electron chi connectivity index (χ0n) is 9.25. The van der Waals surface area contributed by atoms with Gasteiger partial charge in [-0.15, -0.1) is 0 Å². The van der Waals surface area contributed by atoms with Crippen LogP contribution in [-0.4, -0.2) is 17.4 Å². The second kappa shape index (κ2) is 4.20. The molecule has 14 heavy (non-hydrogen) atoms. The van der Waals surface area contributed by atoms with Crippen molar-refractivity contribution in [3.8, 4) is 0 Å². The standard InChI is InChI=1S/C11H20O3/c1-8(14-10(12)13)9-5-4-6-11(2,3)7-9/h8-9H,4-7H2,1-3H3,(H,12,13). The Morgan fingerprint density at radius 2 is 2.21 bits per heavy atom. The number of carbonyl (C=O) groups is 1. The van der Waals surface area contributed by atoms with Crippen LogP contribution in [0.25, 0.3) is 0 Å². The highest BCUT2D eigenvalue weighted by atomic mass is 16.7. The first-order valence-corrected chi connectivity index (χ1v) is 5.30. The summed E-state index contributed by atoms with van der Waals surface area (Å²) in [5.41, 5.74) is 0.346. The van der Waals surface area contributed by atoms with Crippen LogP contribution in [0.2, 0.25) is 0 Å². The van der Waals surface area contributed by atoms with Gasteiger partial charge in [0.15, 0.2) is 0 Å². The van der Waals surface area contributed by atoms with Gasteiger partial charge in [0.25, 0.3) is 0 Å². The van der Waals surface area contributed by atoms with Crippen LogP contribution in [0, 0.1) is 11.3 Å². The van der Waals surface area contributed by atoms with Crippen LogP contribution in [-0.2, 0) is 4.74 Å².